The maximum absolute atomic E-state index is 5.86. The Hall–Kier alpha value is -3.84. The second-order valence-electron chi connectivity index (χ2n) is 7.39. The Bertz CT molecular complexity index is 1230. The Labute approximate surface area is 185 Å². The van der Waals surface area contributed by atoms with Gasteiger partial charge >= 0.3 is 0 Å². The van der Waals surface area contributed by atoms with Gasteiger partial charge in [0.1, 0.15) is 18.2 Å². The first-order chi connectivity index (χ1) is 15.8. The summed E-state index contributed by atoms with van der Waals surface area (Å²) in [5.74, 6) is 3.62. The van der Waals surface area contributed by atoms with Crippen LogP contribution in [0.5, 0.6) is 17.2 Å². The van der Waals surface area contributed by atoms with Crippen LogP contribution in [0.2, 0.25) is 0 Å². The van der Waals surface area contributed by atoms with Crippen molar-refractivity contribution in [1.29, 1.82) is 0 Å². The highest BCUT2D eigenvalue weighted by Gasteiger charge is 2.14. The minimum atomic E-state index is 0.259. The molecule has 1 aromatic heterocycles. The van der Waals surface area contributed by atoms with E-state index in [2.05, 4.69) is 10.3 Å². The molecule has 0 radical (unpaired) electrons. The number of benzene rings is 3. The van der Waals surface area contributed by atoms with Crippen molar-refractivity contribution in [2.75, 3.05) is 19.2 Å². The average molecular weight is 429 g/mol. The Balaban J connectivity index is 1.37. The summed E-state index contributed by atoms with van der Waals surface area (Å²) in [7, 11) is 1.65. The molecule has 0 atom stereocenters. The fourth-order valence-electron chi connectivity index (χ4n) is 3.55. The van der Waals surface area contributed by atoms with Gasteiger partial charge in [-0.2, -0.15) is 0 Å². The number of hydrogen-bond donors (Lipinski definition) is 1. The Morgan fingerprint density at radius 1 is 0.875 bits per heavy atom. The molecular formula is C25H23N3O4. The van der Waals surface area contributed by atoms with Crippen molar-refractivity contribution in [3.05, 3.63) is 83.7 Å². The number of methoxy groups -OCH3 is 1. The van der Waals surface area contributed by atoms with Crippen molar-refractivity contribution in [2.45, 2.75) is 19.8 Å². The molecule has 0 unspecified atom stereocenters. The van der Waals surface area contributed by atoms with Gasteiger partial charge in [-0.15, -0.1) is 0 Å². The molecule has 32 heavy (non-hydrogen) atoms. The van der Waals surface area contributed by atoms with Crippen molar-refractivity contribution in [3.8, 4) is 17.2 Å². The lowest BCUT2D eigenvalue weighted by Gasteiger charge is -2.13. The monoisotopic (exact) mass is 429 g/mol. The summed E-state index contributed by atoms with van der Waals surface area (Å²) in [6, 6.07) is 21.7. The van der Waals surface area contributed by atoms with Gasteiger partial charge in [-0.25, -0.2) is 9.97 Å². The van der Waals surface area contributed by atoms with Gasteiger partial charge < -0.3 is 24.3 Å². The third kappa shape index (κ3) is 4.43. The summed E-state index contributed by atoms with van der Waals surface area (Å²) in [4.78, 5) is 9.41. The van der Waals surface area contributed by atoms with Crippen LogP contribution in [0, 0.1) is 0 Å². The molecule has 0 aliphatic carbocycles. The molecule has 7 nitrogen and oxygen atoms in total. The van der Waals surface area contributed by atoms with Crippen molar-refractivity contribution < 1.29 is 18.9 Å². The van der Waals surface area contributed by atoms with Gasteiger partial charge in [0.15, 0.2) is 17.3 Å². The largest absolute Gasteiger partial charge is 0.497 e. The van der Waals surface area contributed by atoms with E-state index in [1.54, 1.807) is 7.11 Å². The van der Waals surface area contributed by atoms with Crippen LogP contribution >= 0.6 is 0 Å². The molecule has 5 rings (SSSR count). The number of nitrogens with zero attached hydrogens (tertiary/aromatic N) is 2. The molecule has 0 amide bonds. The number of aromatic nitrogens is 2. The molecule has 0 fully saturated rings. The lowest BCUT2D eigenvalue weighted by atomic mass is 10.2. The van der Waals surface area contributed by atoms with Crippen LogP contribution in [0.25, 0.3) is 10.9 Å². The van der Waals surface area contributed by atoms with E-state index in [1.165, 1.54) is 0 Å². The second kappa shape index (κ2) is 9.11. The molecule has 0 bridgehead atoms. The van der Waals surface area contributed by atoms with Crippen LogP contribution in [-0.4, -0.2) is 23.9 Å². The van der Waals surface area contributed by atoms with E-state index in [0.29, 0.717) is 25.6 Å². The molecule has 4 aromatic rings. The van der Waals surface area contributed by atoms with Crippen LogP contribution in [0.3, 0.4) is 0 Å². The van der Waals surface area contributed by atoms with Gasteiger partial charge in [0.05, 0.1) is 19.2 Å². The first kappa shape index (κ1) is 20.1. The molecular weight excluding hydrogens is 406 g/mol. The molecule has 0 saturated heterocycles. The maximum Gasteiger partial charge on any atom is 0.231 e. The second-order valence-corrected chi connectivity index (χ2v) is 7.39. The number of anilines is 1. The number of hydrogen-bond acceptors (Lipinski definition) is 7. The van der Waals surface area contributed by atoms with Gasteiger partial charge in [0.2, 0.25) is 6.79 Å². The smallest absolute Gasteiger partial charge is 0.231 e. The van der Waals surface area contributed by atoms with Gasteiger partial charge in [0.25, 0.3) is 0 Å². The van der Waals surface area contributed by atoms with Crippen molar-refractivity contribution >= 4 is 16.7 Å². The number of nitrogens with one attached hydrogen (secondary N) is 1. The van der Waals surface area contributed by atoms with E-state index >= 15 is 0 Å². The zero-order chi connectivity index (χ0) is 21.8. The number of rotatable bonds is 8. The Morgan fingerprint density at radius 3 is 2.62 bits per heavy atom. The zero-order valence-corrected chi connectivity index (χ0v) is 17.7. The number of ether oxygens (including phenoxy) is 4. The molecule has 0 spiro atoms. The predicted octanol–water partition coefficient (Wildman–Crippen LogP) is 4.70. The van der Waals surface area contributed by atoms with Gasteiger partial charge in [-0.3, -0.25) is 0 Å². The minimum Gasteiger partial charge on any atom is -0.497 e. The average Bonchev–Trinajstić information content (AvgIpc) is 3.31. The van der Waals surface area contributed by atoms with E-state index < -0.39 is 0 Å². The standard InChI is InChI=1S/C25H23N3O4/c1-29-19-8-9-21-20(12-19)25(26-13-18-7-10-22-23(11-18)32-16-31-22)28-24(27-21)15-30-14-17-5-3-2-4-6-17/h2-12H,13-16H2,1H3,(H,26,27,28). The highest BCUT2D eigenvalue weighted by atomic mass is 16.7. The summed E-state index contributed by atoms with van der Waals surface area (Å²) in [6.45, 7) is 1.65. The minimum absolute atomic E-state index is 0.259. The fourth-order valence-corrected chi connectivity index (χ4v) is 3.55. The highest BCUT2D eigenvalue weighted by Crippen LogP contribution is 2.33. The SMILES string of the molecule is COc1ccc2nc(COCc3ccccc3)nc(NCc3ccc4c(c3)OCO4)c2c1. The van der Waals surface area contributed by atoms with Gasteiger partial charge in [0, 0.05) is 11.9 Å². The summed E-state index contributed by atoms with van der Waals surface area (Å²) in [6.07, 6.45) is 0. The van der Waals surface area contributed by atoms with Gasteiger partial charge in [-0.05, 0) is 41.5 Å². The molecule has 2 heterocycles. The topological polar surface area (TPSA) is 74.7 Å². The lowest BCUT2D eigenvalue weighted by molar-refractivity contribution is 0.102. The van der Waals surface area contributed by atoms with E-state index in [9.17, 15) is 0 Å². The molecule has 1 N–H and O–H groups in total. The summed E-state index contributed by atoms with van der Waals surface area (Å²) in [5, 5.41) is 4.32. The summed E-state index contributed by atoms with van der Waals surface area (Å²) in [5.41, 5.74) is 3.00. The molecule has 1 aliphatic rings. The molecule has 7 heteroatoms. The van der Waals surface area contributed by atoms with Crippen LogP contribution in [0.15, 0.2) is 66.7 Å². The lowest BCUT2D eigenvalue weighted by Crippen LogP contribution is -2.07. The molecule has 162 valence electrons. The van der Waals surface area contributed by atoms with Crippen molar-refractivity contribution in [2.24, 2.45) is 0 Å². The summed E-state index contributed by atoms with van der Waals surface area (Å²) >= 11 is 0. The van der Waals surface area contributed by atoms with E-state index in [4.69, 9.17) is 23.9 Å². The molecule has 3 aromatic carbocycles. The Morgan fingerprint density at radius 2 is 1.75 bits per heavy atom. The molecule has 0 saturated carbocycles. The Kier molecular flexibility index (Phi) is 5.72. The van der Waals surface area contributed by atoms with Crippen LogP contribution < -0.4 is 19.5 Å². The van der Waals surface area contributed by atoms with Crippen LogP contribution in [0.1, 0.15) is 17.0 Å². The van der Waals surface area contributed by atoms with E-state index in [-0.39, 0.29) is 6.79 Å². The van der Waals surface area contributed by atoms with Crippen LogP contribution in [-0.2, 0) is 24.5 Å². The van der Waals surface area contributed by atoms with Gasteiger partial charge in [-0.1, -0.05) is 36.4 Å². The first-order valence-electron chi connectivity index (χ1n) is 10.4. The van der Waals surface area contributed by atoms with E-state index in [1.807, 2.05) is 66.7 Å². The summed E-state index contributed by atoms with van der Waals surface area (Å²) < 4.78 is 22.1. The normalized spacial score (nSPS) is 12.2. The zero-order valence-electron chi connectivity index (χ0n) is 17.7. The fraction of sp³-hybridized carbons (Fsp3) is 0.200. The highest BCUT2D eigenvalue weighted by molar-refractivity contribution is 5.90. The predicted molar refractivity (Wildman–Crippen MR) is 121 cm³/mol. The number of fused-ring (bicyclic) bond motifs is 2. The van der Waals surface area contributed by atoms with Crippen LogP contribution in [0.4, 0.5) is 5.82 Å². The van der Waals surface area contributed by atoms with E-state index in [0.717, 1.165) is 45.1 Å². The van der Waals surface area contributed by atoms with Crippen molar-refractivity contribution in [1.82, 2.24) is 9.97 Å². The third-order valence-corrected chi connectivity index (χ3v) is 5.19. The maximum atomic E-state index is 5.86. The third-order valence-electron chi connectivity index (χ3n) is 5.19. The quantitative estimate of drug-likeness (QED) is 0.435. The molecule has 1 aliphatic heterocycles. The van der Waals surface area contributed by atoms with Crippen molar-refractivity contribution in [3.63, 3.8) is 0 Å². The first-order valence-corrected chi connectivity index (χ1v) is 10.4.